The van der Waals surface area contributed by atoms with E-state index in [9.17, 15) is 23.8 Å². The predicted molar refractivity (Wildman–Crippen MR) is 174 cm³/mol. The maximum Gasteiger partial charge on any atom is 0.408 e. The average molecular weight is 633 g/mol. The number of alkyl carbamates (subject to hydrolysis) is 1. The Kier molecular flexibility index (Phi) is 11.6. The number of para-hydroxylation sites is 1. The number of amides is 3. The quantitative estimate of drug-likeness (QED) is 0.114. The molecular weight excluding hydrogens is 591 g/mol. The highest BCUT2D eigenvalue weighted by molar-refractivity contribution is 7.58. The highest BCUT2D eigenvalue weighted by atomic mass is 31.2. The van der Waals surface area contributed by atoms with Crippen molar-refractivity contribution >= 4 is 36.2 Å². The van der Waals surface area contributed by atoms with Crippen molar-refractivity contribution in [1.29, 1.82) is 0 Å². The number of nitrogens with one attached hydrogen (secondary N) is 3. The SMILES string of the molecule is CC(C)CC(CP(=O)(O)C(Cc1ccccc1)NC(=O)OCc1ccccc1)C(=O)N[C@@H](Cc1c[nH]c2ccccc12)C(N)=O. The zero-order valence-corrected chi connectivity index (χ0v) is 26.4. The molecule has 0 fully saturated rings. The van der Waals surface area contributed by atoms with Gasteiger partial charge in [0.15, 0.2) is 0 Å². The molecule has 3 unspecified atom stereocenters. The summed E-state index contributed by atoms with van der Waals surface area (Å²) in [5.41, 5.74) is 8.90. The lowest BCUT2D eigenvalue weighted by Crippen LogP contribution is -2.49. The molecule has 0 spiro atoms. The normalized spacial score (nSPS) is 14.7. The fourth-order valence-corrected chi connectivity index (χ4v) is 7.35. The van der Waals surface area contributed by atoms with Crippen LogP contribution in [0.1, 0.15) is 37.0 Å². The Labute approximate surface area is 263 Å². The summed E-state index contributed by atoms with van der Waals surface area (Å²) in [6, 6.07) is 24.7. The van der Waals surface area contributed by atoms with Crippen LogP contribution in [0.5, 0.6) is 0 Å². The van der Waals surface area contributed by atoms with Crippen LogP contribution in [-0.4, -0.2) is 45.8 Å². The minimum atomic E-state index is -4.23. The lowest BCUT2D eigenvalue weighted by Gasteiger charge is -2.28. The Bertz CT molecular complexity index is 1630. The van der Waals surface area contributed by atoms with Crippen molar-refractivity contribution in [2.75, 3.05) is 6.16 Å². The van der Waals surface area contributed by atoms with Gasteiger partial charge in [-0.05, 0) is 35.1 Å². The Hall–Kier alpha value is -4.40. The van der Waals surface area contributed by atoms with Gasteiger partial charge in [0.2, 0.25) is 19.2 Å². The number of fused-ring (bicyclic) bond motifs is 1. The molecule has 3 aromatic carbocycles. The predicted octanol–water partition coefficient (Wildman–Crippen LogP) is 5.11. The van der Waals surface area contributed by atoms with Crippen molar-refractivity contribution in [1.82, 2.24) is 15.6 Å². The summed E-state index contributed by atoms with van der Waals surface area (Å²) in [6.45, 7) is 3.80. The number of aromatic amines is 1. The Morgan fingerprint density at radius 2 is 1.51 bits per heavy atom. The van der Waals surface area contributed by atoms with Gasteiger partial charge in [-0.3, -0.25) is 14.2 Å². The van der Waals surface area contributed by atoms with Crippen molar-refractivity contribution < 1.29 is 28.6 Å². The lowest BCUT2D eigenvalue weighted by atomic mass is 9.97. The second-order valence-electron chi connectivity index (χ2n) is 11.7. The molecule has 0 aliphatic rings. The monoisotopic (exact) mass is 632 g/mol. The molecule has 4 rings (SSSR count). The summed E-state index contributed by atoms with van der Waals surface area (Å²) in [6.07, 6.45) is 1.01. The topological polar surface area (TPSA) is 164 Å². The van der Waals surface area contributed by atoms with Gasteiger partial charge in [-0.1, -0.05) is 92.7 Å². The number of hydrogen-bond donors (Lipinski definition) is 5. The molecule has 10 nitrogen and oxygen atoms in total. The van der Waals surface area contributed by atoms with E-state index in [2.05, 4.69) is 15.6 Å². The lowest BCUT2D eigenvalue weighted by molar-refractivity contribution is -0.129. The molecular formula is C34H41N4O6P. The van der Waals surface area contributed by atoms with Crippen molar-refractivity contribution in [2.24, 2.45) is 17.6 Å². The molecule has 1 aromatic heterocycles. The first-order chi connectivity index (χ1) is 21.5. The maximum absolute atomic E-state index is 14.1. The van der Waals surface area contributed by atoms with Crippen LogP contribution in [0.3, 0.4) is 0 Å². The number of H-pyrrole nitrogens is 1. The third kappa shape index (κ3) is 9.80. The summed E-state index contributed by atoms with van der Waals surface area (Å²) in [4.78, 5) is 53.6. The average Bonchev–Trinajstić information content (AvgIpc) is 3.42. The number of carbonyl (C=O) groups excluding carboxylic acids is 3. The number of benzene rings is 3. The molecule has 1 heterocycles. The minimum absolute atomic E-state index is 0.00207. The molecule has 3 amide bonds. The van der Waals surface area contributed by atoms with Crippen molar-refractivity contribution in [2.45, 2.75) is 51.5 Å². The van der Waals surface area contributed by atoms with Gasteiger partial charge in [-0.25, -0.2) is 4.79 Å². The Balaban J connectivity index is 1.51. The molecule has 4 aromatic rings. The molecule has 45 heavy (non-hydrogen) atoms. The summed E-state index contributed by atoms with van der Waals surface area (Å²) < 4.78 is 19.4. The summed E-state index contributed by atoms with van der Waals surface area (Å²) in [5.74, 6) is -3.41. The van der Waals surface area contributed by atoms with Crippen LogP contribution in [0.4, 0.5) is 4.79 Å². The van der Waals surface area contributed by atoms with Crippen LogP contribution in [0.2, 0.25) is 0 Å². The summed E-state index contributed by atoms with van der Waals surface area (Å²) in [5, 5.41) is 6.25. The van der Waals surface area contributed by atoms with E-state index in [1.807, 2.05) is 62.4 Å². The van der Waals surface area contributed by atoms with Gasteiger partial charge in [0.25, 0.3) is 0 Å². The number of primary amides is 1. The van der Waals surface area contributed by atoms with Crippen LogP contribution < -0.4 is 16.4 Å². The fourth-order valence-electron chi connectivity index (χ4n) is 5.34. The minimum Gasteiger partial charge on any atom is -0.445 e. The highest BCUT2D eigenvalue weighted by Gasteiger charge is 2.38. The Morgan fingerprint density at radius 3 is 2.16 bits per heavy atom. The second-order valence-corrected chi connectivity index (χ2v) is 14.2. The maximum atomic E-state index is 14.1. The Morgan fingerprint density at radius 1 is 0.889 bits per heavy atom. The molecule has 238 valence electrons. The number of aromatic nitrogens is 1. The van der Waals surface area contributed by atoms with E-state index >= 15 is 0 Å². The zero-order chi connectivity index (χ0) is 32.4. The standard InChI is InChI=1S/C34H41N4O6P/c1-23(2)17-27(33(40)37-30(32(35)39)19-26-20-36-29-16-10-9-15-28(26)29)22-45(42,43)31(18-24-11-5-3-6-12-24)38-34(41)44-21-25-13-7-4-8-14-25/h3-16,20,23,27,30-31,36H,17-19,21-22H2,1-2H3,(H2,35,39)(H,37,40)(H,38,41)(H,42,43)/t27?,30-,31?/m0/s1. The van der Waals surface area contributed by atoms with Crippen LogP contribution in [0, 0.1) is 11.8 Å². The first kappa shape index (κ1) is 33.5. The van der Waals surface area contributed by atoms with Crippen LogP contribution in [0.25, 0.3) is 10.9 Å². The van der Waals surface area contributed by atoms with Crippen LogP contribution in [0.15, 0.2) is 91.1 Å². The van der Waals surface area contributed by atoms with E-state index in [-0.39, 0.29) is 31.8 Å². The van der Waals surface area contributed by atoms with Crippen molar-refractivity contribution in [3.8, 4) is 0 Å². The van der Waals surface area contributed by atoms with E-state index < -0.39 is 49.2 Å². The largest absolute Gasteiger partial charge is 0.445 e. The molecule has 0 aliphatic carbocycles. The number of ether oxygens (including phenoxy) is 1. The van der Waals surface area contributed by atoms with Gasteiger partial charge >= 0.3 is 6.09 Å². The smallest absolute Gasteiger partial charge is 0.408 e. The number of hydrogen-bond acceptors (Lipinski definition) is 5. The molecule has 0 bridgehead atoms. The van der Waals surface area contributed by atoms with Gasteiger partial charge in [-0.2, -0.15) is 0 Å². The van der Waals surface area contributed by atoms with E-state index in [1.165, 1.54) is 0 Å². The summed E-state index contributed by atoms with van der Waals surface area (Å²) >= 11 is 0. The van der Waals surface area contributed by atoms with Crippen LogP contribution >= 0.6 is 7.37 Å². The first-order valence-corrected chi connectivity index (χ1v) is 16.9. The van der Waals surface area contributed by atoms with Crippen molar-refractivity contribution in [3.63, 3.8) is 0 Å². The first-order valence-electron chi connectivity index (χ1n) is 15.0. The van der Waals surface area contributed by atoms with Gasteiger partial charge < -0.3 is 31.0 Å². The molecule has 11 heteroatoms. The molecule has 0 saturated heterocycles. The van der Waals surface area contributed by atoms with Crippen molar-refractivity contribution in [3.05, 3.63) is 108 Å². The fraction of sp³-hybridized carbons (Fsp3) is 0.324. The van der Waals surface area contributed by atoms with Gasteiger partial charge in [-0.15, -0.1) is 0 Å². The molecule has 6 N–H and O–H groups in total. The van der Waals surface area contributed by atoms with E-state index in [1.54, 1.807) is 42.6 Å². The van der Waals surface area contributed by atoms with E-state index in [0.717, 1.165) is 27.6 Å². The third-order valence-corrected chi connectivity index (χ3v) is 9.87. The van der Waals surface area contributed by atoms with Gasteiger partial charge in [0.1, 0.15) is 18.4 Å². The molecule has 4 atom stereocenters. The number of rotatable bonds is 15. The van der Waals surface area contributed by atoms with Crippen LogP contribution in [-0.2, 0) is 38.3 Å². The van der Waals surface area contributed by atoms with Gasteiger partial charge in [0, 0.05) is 42.0 Å². The third-order valence-electron chi connectivity index (χ3n) is 7.62. The van der Waals surface area contributed by atoms with E-state index in [0.29, 0.717) is 0 Å². The highest BCUT2D eigenvalue weighted by Crippen LogP contribution is 2.49. The number of nitrogens with two attached hydrogens (primary N) is 1. The molecule has 0 aliphatic heterocycles. The number of carbonyl (C=O) groups is 3. The molecule has 0 radical (unpaired) electrons. The van der Waals surface area contributed by atoms with Gasteiger partial charge in [0.05, 0.1) is 0 Å². The second kappa shape index (κ2) is 15.5. The summed E-state index contributed by atoms with van der Waals surface area (Å²) in [7, 11) is -4.23. The zero-order valence-electron chi connectivity index (χ0n) is 25.5. The molecule has 0 saturated carbocycles. The van der Waals surface area contributed by atoms with E-state index in [4.69, 9.17) is 10.5 Å².